The topological polar surface area (TPSA) is 74.8 Å². The monoisotopic (exact) mass is 439 g/mol. The molecule has 1 aliphatic carbocycles. The number of halogens is 2. The molecule has 0 unspecified atom stereocenters. The molecule has 4 rings (SSSR count). The van der Waals surface area contributed by atoms with E-state index in [9.17, 15) is 9.59 Å². The molecule has 0 atom stereocenters. The van der Waals surface area contributed by atoms with Crippen LogP contribution < -0.4 is 10.9 Å². The number of fused-ring (bicyclic) bond motifs is 3. The normalized spacial score (nSPS) is 13.1. The van der Waals surface area contributed by atoms with E-state index in [1.54, 1.807) is 29.5 Å². The molecule has 1 aliphatic rings. The SMILES string of the molecule is O=C(CSCc1nc2sc3c(c2c(=O)[nH]1)CCC3)Nc1ccc(Cl)c(Cl)c1. The fraction of sp³-hybridized carbons (Fsp3) is 0.278. The van der Waals surface area contributed by atoms with Gasteiger partial charge in [0.15, 0.2) is 0 Å². The molecule has 1 aromatic carbocycles. The number of H-pyrrole nitrogens is 1. The molecular formula is C18H15Cl2N3O2S2. The maximum absolute atomic E-state index is 12.4. The Labute approximate surface area is 173 Å². The summed E-state index contributed by atoms with van der Waals surface area (Å²) >= 11 is 14.8. The van der Waals surface area contributed by atoms with Gasteiger partial charge in [-0.05, 0) is 43.0 Å². The zero-order valence-corrected chi connectivity index (χ0v) is 17.2. The second kappa shape index (κ2) is 7.83. The van der Waals surface area contributed by atoms with Crippen LogP contribution in [0.1, 0.15) is 22.7 Å². The molecule has 1 amide bonds. The molecule has 0 saturated carbocycles. The summed E-state index contributed by atoms with van der Waals surface area (Å²) in [7, 11) is 0. The average Bonchev–Trinajstić information content (AvgIpc) is 3.18. The number of carbonyl (C=O) groups is 1. The molecule has 140 valence electrons. The maximum atomic E-state index is 12.4. The number of amides is 1. The van der Waals surface area contributed by atoms with Crippen LogP contribution in [-0.2, 0) is 23.4 Å². The highest BCUT2D eigenvalue weighted by atomic mass is 35.5. The number of thiophene rings is 1. The van der Waals surface area contributed by atoms with Crippen molar-refractivity contribution in [2.75, 3.05) is 11.1 Å². The van der Waals surface area contributed by atoms with Crippen LogP contribution in [0.25, 0.3) is 10.2 Å². The van der Waals surface area contributed by atoms with Crippen LogP contribution in [0.2, 0.25) is 10.0 Å². The van der Waals surface area contributed by atoms with Crippen LogP contribution >= 0.6 is 46.3 Å². The number of carbonyl (C=O) groups excluding carboxylic acids is 1. The van der Waals surface area contributed by atoms with Crippen molar-refractivity contribution < 1.29 is 4.79 Å². The summed E-state index contributed by atoms with van der Waals surface area (Å²) in [4.78, 5) is 34.0. The Kier molecular flexibility index (Phi) is 5.45. The second-order valence-electron chi connectivity index (χ2n) is 6.22. The standard InChI is InChI=1S/C18H15Cl2N3O2S2/c19-11-5-4-9(6-12(11)20)21-15(24)8-26-7-14-22-17(25)16-10-2-1-3-13(10)27-18(16)23-14/h4-6H,1-3,7-8H2,(H,21,24)(H,22,23,25). The van der Waals surface area contributed by atoms with Crippen molar-refractivity contribution in [3.63, 3.8) is 0 Å². The molecule has 27 heavy (non-hydrogen) atoms. The van der Waals surface area contributed by atoms with Crippen molar-refractivity contribution in [1.82, 2.24) is 9.97 Å². The number of hydrogen-bond acceptors (Lipinski definition) is 5. The highest BCUT2D eigenvalue weighted by molar-refractivity contribution is 7.99. The third kappa shape index (κ3) is 4.01. The van der Waals surface area contributed by atoms with Gasteiger partial charge in [-0.25, -0.2) is 4.98 Å². The molecule has 2 heterocycles. The highest BCUT2D eigenvalue weighted by Gasteiger charge is 2.21. The Balaban J connectivity index is 1.38. The van der Waals surface area contributed by atoms with E-state index >= 15 is 0 Å². The Morgan fingerprint density at radius 3 is 2.96 bits per heavy atom. The summed E-state index contributed by atoms with van der Waals surface area (Å²) in [6.07, 6.45) is 3.11. The van der Waals surface area contributed by atoms with Crippen LogP contribution in [-0.4, -0.2) is 21.6 Å². The molecule has 0 bridgehead atoms. The van der Waals surface area contributed by atoms with E-state index in [-0.39, 0.29) is 17.2 Å². The number of aromatic nitrogens is 2. The largest absolute Gasteiger partial charge is 0.325 e. The minimum Gasteiger partial charge on any atom is -0.325 e. The van der Waals surface area contributed by atoms with E-state index < -0.39 is 0 Å². The van der Waals surface area contributed by atoms with Gasteiger partial charge in [0.05, 0.1) is 26.9 Å². The van der Waals surface area contributed by atoms with E-state index in [0.717, 1.165) is 29.5 Å². The number of thioether (sulfide) groups is 1. The second-order valence-corrected chi connectivity index (χ2v) is 9.10. The number of aromatic amines is 1. The lowest BCUT2D eigenvalue weighted by Gasteiger charge is -2.06. The predicted octanol–water partition coefficient (Wildman–Crippen LogP) is 4.65. The summed E-state index contributed by atoms with van der Waals surface area (Å²) in [6.45, 7) is 0. The van der Waals surface area contributed by atoms with Crippen molar-refractivity contribution in [3.05, 3.63) is 54.9 Å². The van der Waals surface area contributed by atoms with Crippen molar-refractivity contribution in [1.29, 1.82) is 0 Å². The van der Waals surface area contributed by atoms with Gasteiger partial charge in [0.2, 0.25) is 5.91 Å². The number of hydrogen-bond donors (Lipinski definition) is 2. The van der Waals surface area contributed by atoms with E-state index in [1.807, 2.05) is 0 Å². The number of aryl methyl sites for hydroxylation is 2. The molecule has 0 radical (unpaired) electrons. The fourth-order valence-corrected chi connectivity index (χ4v) is 5.40. The summed E-state index contributed by atoms with van der Waals surface area (Å²) in [6, 6.07) is 4.93. The van der Waals surface area contributed by atoms with Gasteiger partial charge < -0.3 is 10.3 Å². The van der Waals surface area contributed by atoms with Crippen molar-refractivity contribution in [2.24, 2.45) is 0 Å². The summed E-state index contributed by atoms with van der Waals surface area (Å²) in [5.41, 5.74) is 1.69. The average molecular weight is 440 g/mol. The van der Waals surface area contributed by atoms with Gasteiger partial charge in [0.25, 0.3) is 5.56 Å². The van der Waals surface area contributed by atoms with E-state index in [1.165, 1.54) is 22.2 Å². The van der Waals surface area contributed by atoms with Gasteiger partial charge in [-0.15, -0.1) is 23.1 Å². The van der Waals surface area contributed by atoms with E-state index in [4.69, 9.17) is 23.2 Å². The van der Waals surface area contributed by atoms with E-state index in [2.05, 4.69) is 15.3 Å². The lowest BCUT2D eigenvalue weighted by atomic mass is 10.2. The molecule has 0 spiro atoms. The van der Waals surface area contributed by atoms with Gasteiger partial charge in [-0.2, -0.15) is 0 Å². The minimum absolute atomic E-state index is 0.0738. The van der Waals surface area contributed by atoms with Gasteiger partial charge in [0, 0.05) is 10.6 Å². The fourth-order valence-electron chi connectivity index (χ4n) is 3.13. The van der Waals surface area contributed by atoms with Gasteiger partial charge in [-0.3, -0.25) is 9.59 Å². The highest BCUT2D eigenvalue weighted by Crippen LogP contribution is 2.34. The minimum atomic E-state index is -0.156. The Morgan fingerprint density at radius 1 is 1.30 bits per heavy atom. The molecule has 3 aromatic rings. The molecule has 2 aromatic heterocycles. The Morgan fingerprint density at radius 2 is 2.15 bits per heavy atom. The predicted molar refractivity (Wildman–Crippen MR) is 114 cm³/mol. The quantitative estimate of drug-likeness (QED) is 0.606. The molecule has 0 aliphatic heterocycles. The van der Waals surface area contributed by atoms with Gasteiger partial charge >= 0.3 is 0 Å². The number of nitrogens with zero attached hydrogens (tertiary/aromatic N) is 1. The Bertz CT molecular complexity index is 1090. The number of anilines is 1. The van der Waals surface area contributed by atoms with Crippen LogP contribution in [0.15, 0.2) is 23.0 Å². The van der Waals surface area contributed by atoms with Crippen molar-refractivity contribution >= 4 is 68.1 Å². The lowest BCUT2D eigenvalue weighted by Crippen LogP contribution is -2.15. The van der Waals surface area contributed by atoms with Crippen LogP contribution in [0.3, 0.4) is 0 Å². The van der Waals surface area contributed by atoms with Gasteiger partial charge in [-0.1, -0.05) is 23.2 Å². The van der Waals surface area contributed by atoms with Gasteiger partial charge in [0.1, 0.15) is 10.7 Å². The third-order valence-electron chi connectivity index (χ3n) is 4.30. The van der Waals surface area contributed by atoms with Crippen LogP contribution in [0, 0.1) is 0 Å². The molecule has 5 nitrogen and oxygen atoms in total. The number of rotatable bonds is 5. The Hall–Kier alpha value is -1.54. The molecular weight excluding hydrogens is 425 g/mol. The zero-order chi connectivity index (χ0) is 19.0. The first-order valence-corrected chi connectivity index (χ1v) is 11.1. The summed E-state index contributed by atoms with van der Waals surface area (Å²) < 4.78 is 0. The van der Waals surface area contributed by atoms with E-state index in [0.29, 0.717) is 27.3 Å². The first-order chi connectivity index (χ1) is 13.0. The first kappa shape index (κ1) is 18.8. The zero-order valence-electron chi connectivity index (χ0n) is 14.1. The number of benzene rings is 1. The smallest absolute Gasteiger partial charge is 0.259 e. The lowest BCUT2D eigenvalue weighted by molar-refractivity contribution is -0.113. The summed E-state index contributed by atoms with van der Waals surface area (Å²) in [5.74, 6) is 1.14. The number of nitrogens with one attached hydrogen (secondary N) is 2. The summed E-state index contributed by atoms with van der Waals surface area (Å²) in [5, 5.41) is 4.35. The molecule has 2 N–H and O–H groups in total. The van der Waals surface area contributed by atoms with Crippen LogP contribution in [0.4, 0.5) is 5.69 Å². The molecule has 0 fully saturated rings. The molecule has 0 saturated heterocycles. The maximum Gasteiger partial charge on any atom is 0.259 e. The van der Waals surface area contributed by atoms with Crippen molar-refractivity contribution in [2.45, 2.75) is 25.0 Å². The third-order valence-corrected chi connectivity index (χ3v) is 7.17. The molecule has 9 heteroatoms. The van der Waals surface area contributed by atoms with Crippen molar-refractivity contribution in [3.8, 4) is 0 Å². The first-order valence-electron chi connectivity index (χ1n) is 8.37. The van der Waals surface area contributed by atoms with Crippen LogP contribution in [0.5, 0.6) is 0 Å².